The zero-order valence-corrected chi connectivity index (χ0v) is 8.18. The zero-order chi connectivity index (χ0) is 9.03. The minimum atomic E-state index is -0.148. The van der Waals surface area contributed by atoms with Crippen LogP contribution in [0.3, 0.4) is 0 Å². The smallest absolute Gasteiger partial charge is 0.0512 e. The van der Waals surface area contributed by atoms with Crippen molar-refractivity contribution in [3.8, 4) is 0 Å². The highest BCUT2D eigenvalue weighted by Gasteiger charge is 2.26. The molecule has 1 heterocycles. The molecule has 2 nitrogen and oxygen atoms in total. The van der Waals surface area contributed by atoms with Gasteiger partial charge in [-0.05, 0) is 38.0 Å². The molecule has 1 aliphatic heterocycles. The van der Waals surface area contributed by atoms with Crippen LogP contribution in [0.1, 0.15) is 39.5 Å². The Kier molecular flexibility index (Phi) is 3.53. The van der Waals surface area contributed by atoms with Gasteiger partial charge in [0.1, 0.15) is 0 Å². The average Bonchev–Trinajstić information content (AvgIpc) is 2.03. The fourth-order valence-electron chi connectivity index (χ4n) is 1.67. The first-order valence-electron chi connectivity index (χ1n) is 4.88. The number of ether oxygens (including phenoxy) is 1. The topological polar surface area (TPSA) is 29.5 Å². The summed E-state index contributed by atoms with van der Waals surface area (Å²) in [6.07, 6.45) is 4.22. The van der Waals surface area contributed by atoms with E-state index in [0.29, 0.717) is 5.41 Å². The summed E-state index contributed by atoms with van der Waals surface area (Å²) in [7, 11) is 0. The van der Waals surface area contributed by atoms with Crippen molar-refractivity contribution in [3.05, 3.63) is 0 Å². The molecule has 0 aliphatic carbocycles. The van der Waals surface area contributed by atoms with Gasteiger partial charge in [-0.1, -0.05) is 6.92 Å². The number of aliphatic hydroxyl groups is 1. The lowest BCUT2D eigenvalue weighted by molar-refractivity contribution is 0.0130. The predicted octanol–water partition coefficient (Wildman–Crippen LogP) is 1.96. The van der Waals surface area contributed by atoms with Gasteiger partial charge in [0.25, 0.3) is 0 Å². The van der Waals surface area contributed by atoms with Crippen molar-refractivity contribution >= 4 is 0 Å². The van der Waals surface area contributed by atoms with Gasteiger partial charge in [-0.15, -0.1) is 0 Å². The highest BCUT2D eigenvalue weighted by atomic mass is 16.5. The SMILES string of the molecule is CC(O)CCC1(C)CCOCC1. The standard InChI is InChI=1S/C10H20O2/c1-9(11)3-4-10(2)5-7-12-8-6-10/h9,11H,3-8H2,1-2H3. The van der Waals surface area contributed by atoms with Gasteiger partial charge in [0.15, 0.2) is 0 Å². The summed E-state index contributed by atoms with van der Waals surface area (Å²) in [6.45, 7) is 5.97. The highest BCUT2D eigenvalue weighted by molar-refractivity contribution is 4.77. The van der Waals surface area contributed by atoms with Gasteiger partial charge in [0.2, 0.25) is 0 Å². The number of rotatable bonds is 3. The number of aliphatic hydroxyl groups excluding tert-OH is 1. The van der Waals surface area contributed by atoms with Gasteiger partial charge in [-0.3, -0.25) is 0 Å². The predicted molar refractivity (Wildman–Crippen MR) is 49.1 cm³/mol. The lowest BCUT2D eigenvalue weighted by atomic mass is 9.78. The summed E-state index contributed by atoms with van der Waals surface area (Å²) in [5.41, 5.74) is 0.426. The maximum absolute atomic E-state index is 9.17. The summed E-state index contributed by atoms with van der Waals surface area (Å²) in [5, 5.41) is 9.17. The summed E-state index contributed by atoms with van der Waals surface area (Å²) in [6, 6.07) is 0. The molecule has 0 spiro atoms. The Labute approximate surface area is 74.9 Å². The van der Waals surface area contributed by atoms with Crippen LogP contribution >= 0.6 is 0 Å². The highest BCUT2D eigenvalue weighted by Crippen LogP contribution is 2.34. The zero-order valence-electron chi connectivity index (χ0n) is 8.18. The molecule has 1 rings (SSSR count). The van der Waals surface area contributed by atoms with Gasteiger partial charge < -0.3 is 9.84 Å². The maximum atomic E-state index is 9.17. The van der Waals surface area contributed by atoms with Crippen molar-refractivity contribution in [3.63, 3.8) is 0 Å². The molecule has 0 aromatic heterocycles. The van der Waals surface area contributed by atoms with E-state index in [0.717, 1.165) is 38.9 Å². The van der Waals surface area contributed by atoms with E-state index >= 15 is 0 Å². The van der Waals surface area contributed by atoms with Crippen LogP contribution in [0.4, 0.5) is 0 Å². The van der Waals surface area contributed by atoms with Gasteiger partial charge in [-0.25, -0.2) is 0 Å². The lowest BCUT2D eigenvalue weighted by Gasteiger charge is -2.33. The second-order valence-corrected chi connectivity index (χ2v) is 4.31. The molecule has 1 saturated heterocycles. The quantitative estimate of drug-likeness (QED) is 0.705. The number of hydrogen-bond acceptors (Lipinski definition) is 2. The minimum absolute atomic E-state index is 0.148. The van der Waals surface area contributed by atoms with Crippen LogP contribution in [0, 0.1) is 5.41 Å². The Morgan fingerprint density at radius 1 is 1.42 bits per heavy atom. The third-order valence-corrected chi connectivity index (χ3v) is 2.87. The Morgan fingerprint density at radius 2 is 2.00 bits per heavy atom. The molecule has 72 valence electrons. The van der Waals surface area contributed by atoms with E-state index in [9.17, 15) is 0 Å². The fourth-order valence-corrected chi connectivity index (χ4v) is 1.67. The van der Waals surface area contributed by atoms with E-state index in [4.69, 9.17) is 9.84 Å². The Hall–Kier alpha value is -0.0800. The average molecular weight is 172 g/mol. The lowest BCUT2D eigenvalue weighted by Crippen LogP contribution is -2.27. The van der Waals surface area contributed by atoms with Crippen molar-refractivity contribution in [2.75, 3.05) is 13.2 Å². The summed E-state index contributed by atoms with van der Waals surface area (Å²) < 4.78 is 5.31. The molecule has 0 saturated carbocycles. The molecule has 0 aromatic carbocycles. The molecule has 1 unspecified atom stereocenters. The third kappa shape index (κ3) is 3.11. The van der Waals surface area contributed by atoms with E-state index in [1.165, 1.54) is 0 Å². The largest absolute Gasteiger partial charge is 0.393 e. The van der Waals surface area contributed by atoms with Crippen LogP contribution in [-0.4, -0.2) is 24.4 Å². The molecule has 1 atom stereocenters. The molecule has 1 N–H and O–H groups in total. The molecule has 0 amide bonds. The van der Waals surface area contributed by atoms with Gasteiger partial charge >= 0.3 is 0 Å². The van der Waals surface area contributed by atoms with Crippen LogP contribution in [0.25, 0.3) is 0 Å². The molecular weight excluding hydrogens is 152 g/mol. The maximum Gasteiger partial charge on any atom is 0.0512 e. The molecule has 12 heavy (non-hydrogen) atoms. The van der Waals surface area contributed by atoms with E-state index in [1.54, 1.807) is 0 Å². The summed E-state index contributed by atoms with van der Waals surface area (Å²) >= 11 is 0. The fraction of sp³-hybridized carbons (Fsp3) is 1.00. The first kappa shape index (κ1) is 10.0. The molecule has 1 fully saturated rings. The molecule has 0 radical (unpaired) electrons. The second-order valence-electron chi connectivity index (χ2n) is 4.31. The third-order valence-electron chi connectivity index (χ3n) is 2.87. The molecule has 0 aromatic rings. The molecule has 2 heteroatoms. The monoisotopic (exact) mass is 172 g/mol. The van der Waals surface area contributed by atoms with Gasteiger partial charge in [0, 0.05) is 13.2 Å². The van der Waals surface area contributed by atoms with Crippen LogP contribution in [-0.2, 0) is 4.74 Å². The first-order valence-corrected chi connectivity index (χ1v) is 4.88. The van der Waals surface area contributed by atoms with Gasteiger partial charge in [-0.2, -0.15) is 0 Å². The summed E-state index contributed by atoms with van der Waals surface area (Å²) in [5.74, 6) is 0. The van der Waals surface area contributed by atoms with E-state index in [-0.39, 0.29) is 6.10 Å². The number of hydrogen-bond donors (Lipinski definition) is 1. The Bertz CT molecular complexity index is 126. The Balaban J connectivity index is 2.26. The van der Waals surface area contributed by atoms with E-state index < -0.39 is 0 Å². The van der Waals surface area contributed by atoms with Crippen LogP contribution < -0.4 is 0 Å². The van der Waals surface area contributed by atoms with Crippen molar-refractivity contribution in [1.82, 2.24) is 0 Å². The minimum Gasteiger partial charge on any atom is -0.393 e. The van der Waals surface area contributed by atoms with Crippen molar-refractivity contribution in [2.24, 2.45) is 5.41 Å². The van der Waals surface area contributed by atoms with Crippen LogP contribution in [0.5, 0.6) is 0 Å². The Morgan fingerprint density at radius 3 is 2.50 bits per heavy atom. The van der Waals surface area contributed by atoms with Gasteiger partial charge in [0.05, 0.1) is 6.10 Å². The molecular formula is C10H20O2. The van der Waals surface area contributed by atoms with Crippen molar-refractivity contribution in [1.29, 1.82) is 0 Å². The normalized spacial score (nSPS) is 25.2. The van der Waals surface area contributed by atoms with E-state index in [2.05, 4.69) is 6.92 Å². The first-order chi connectivity index (χ1) is 5.62. The second kappa shape index (κ2) is 4.24. The van der Waals surface area contributed by atoms with Crippen molar-refractivity contribution < 1.29 is 9.84 Å². The van der Waals surface area contributed by atoms with Crippen LogP contribution in [0.15, 0.2) is 0 Å². The molecule has 0 bridgehead atoms. The van der Waals surface area contributed by atoms with E-state index in [1.807, 2.05) is 6.92 Å². The van der Waals surface area contributed by atoms with Crippen molar-refractivity contribution in [2.45, 2.75) is 45.6 Å². The van der Waals surface area contributed by atoms with Crippen LogP contribution in [0.2, 0.25) is 0 Å². The molecule has 1 aliphatic rings. The summed E-state index contributed by atoms with van der Waals surface area (Å²) in [4.78, 5) is 0.